The van der Waals surface area contributed by atoms with Crippen LogP contribution in [-0.4, -0.2) is 17.5 Å². The molecule has 1 heterocycles. The number of rotatable bonds is 7. The van der Waals surface area contributed by atoms with Crippen molar-refractivity contribution < 1.29 is 13.9 Å². The van der Waals surface area contributed by atoms with Crippen LogP contribution in [0.1, 0.15) is 31.7 Å². The van der Waals surface area contributed by atoms with Crippen LogP contribution in [0.25, 0.3) is 22.6 Å². The van der Waals surface area contributed by atoms with E-state index in [4.69, 9.17) is 20.8 Å². The van der Waals surface area contributed by atoms with Crippen molar-refractivity contribution in [2.45, 2.75) is 26.2 Å². The minimum Gasteiger partial charge on any atom is -0.484 e. The Morgan fingerprint density at radius 3 is 2.69 bits per heavy atom. The summed E-state index contributed by atoms with van der Waals surface area (Å²) in [5.41, 5.74) is 3.86. The van der Waals surface area contributed by atoms with Crippen molar-refractivity contribution in [3.63, 3.8) is 0 Å². The van der Waals surface area contributed by atoms with E-state index in [1.165, 1.54) is 5.56 Å². The molecule has 0 aliphatic heterocycles. The zero-order chi connectivity index (χ0) is 22.7. The summed E-state index contributed by atoms with van der Waals surface area (Å²) in [7, 11) is 0. The van der Waals surface area contributed by atoms with Gasteiger partial charge in [-0.25, -0.2) is 4.98 Å². The van der Waals surface area contributed by atoms with Crippen molar-refractivity contribution in [2.24, 2.45) is 0 Å². The molecule has 4 rings (SSSR count). The first-order valence-corrected chi connectivity index (χ1v) is 11.8. The highest BCUT2D eigenvalue weighted by atomic mass is 127. The van der Waals surface area contributed by atoms with Crippen molar-refractivity contribution in [1.82, 2.24) is 4.98 Å². The molecule has 0 bridgehead atoms. The number of halogens is 2. The predicted octanol–water partition coefficient (Wildman–Crippen LogP) is 7.28. The Kier molecular flexibility index (Phi) is 7.01. The van der Waals surface area contributed by atoms with E-state index in [-0.39, 0.29) is 12.5 Å². The third-order valence-electron chi connectivity index (χ3n) is 5.26. The predicted molar refractivity (Wildman–Crippen MR) is 136 cm³/mol. The molecule has 1 aromatic heterocycles. The molecule has 0 fully saturated rings. The summed E-state index contributed by atoms with van der Waals surface area (Å²) in [6.45, 7) is 4.27. The van der Waals surface area contributed by atoms with Gasteiger partial charge < -0.3 is 14.5 Å². The van der Waals surface area contributed by atoms with Crippen LogP contribution in [0.15, 0.2) is 65.1 Å². The zero-order valence-corrected chi connectivity index (χ0v) is 20.6. The molecule has 0 unspecified atom stereocenters. The van der Waals surface area contributed by atoms with Gasteiger partial charge in [-0.2, -0.15) is 0 Å². The highest BCUT2D eigenvalue weighted by molar-refractivity contribution is 14.1. The summed E-state index contributed by atoms with van der Waals surface area (Å²) >= 11 is 8.52. The minimum absolute atomic E-state index is 0.0805. The maximum absolute atomic E-state index is 12.4. The molecule has 0 aliphatic rings. The second-order valence-electron chi connectivity index (χ2n) is 7.54. The van der Waals surface area contributed by atoms with Crippen LogP contribution in [0.5, 0.6) is 5.75 Å². The van der Waals surface area contributed by atoms with Gasteiger partial charge in [0.05, 0.1) is 10.6 Å². The highest BCUT2D eigenvalue weighted by Gasteiger charge is 2.13. The second-order valence-corrected chi connectivity index (χ2v) is 9.19. The number of nitrogens with zero attached hydrogens (tertiary/aromatic N) is 1. The molecular formula is C25H22ClIN2O3. The fourth-order valence-electron chi connectivity index (χ4n) is 3.26. The van der Waals surface area contributed by atoms with E-state index in [0.29, 0.717) is 39.4 Å². The lowest BCUT2D eigenvalue weighted by Crippen LogP contribution is -2.20. The quantitative estimate of drug-likeness (QED) is 0.241. The zero-order valence-electron chi connectivity index (χ0n) is 17.7. The molecule has 1 amide bonds. The van der Waals surface area contributed by atoms with Crippen molar-refractivity contribution in [3.8, 4) is 17.2 Å². The van der Waals surface area contributed by atoms with Crippen LogP contribution < -0.4 is 10.1 Å². The molecule has 1 atom stereocenters. The molecule has 0 saturated heterocycles. The van der Waals surface area contributed by atoms with Gasteiger partial charge in [0.2, 0.25) is 5.89 Å². The standard InChI is InChI=1S/C25H22ClIN2O3/c1-3-15(2)16-4-8-19(9-5-16)31-14-24(30)28-18-7-11-23-22(13-18)29-25(32-23)20-12-17(27)6-10-21(20)26/h4-13,15H,3,14H2,1-2H3,(H,28,30)/t15-/m1/s1. The van der Waals surface area contributed by atoms with Gasteiger partial charge in [0, 0.05) is 9.26 Å². The van der Waals surface area contributed by atoms with Gasteiger partial charge in [0.25, 0.3) is 5.91 Å². The number of anilines is 1. The first kappa shape index (κ1) is 22.6. The van der Waals surface area contributed by atoms with Crippen molar-refractivity contribution >= 4 is 56.9 Å². The third-order valence-corrected chi connectivity index (χ3v) is 6.26. The van der Waals surface area contributed by atoms with Crippen LogP contribution in [0, 0.1) is 3.57 Å². The van der Waals surface area contributed by atoms with E-state index in [9.17, 15) is 4.79 Å². The number of aromatic nitrogens is 1. The number of nitrogens with one attached hydrogen (secondary N) is 1. The van der Waals surface area contributed by atoms with E-state index in [1.54, 1.807) is 18.2 Å². The molecule has 0 spiro atoms. The third kappa shape index (κ3) is 5.24. The molecule has 0 aliphatic carbocycles. The summed E-state index contributed by atoms with van der Waals surface area (Å²) in [5, 5.41) is 3.41. The number of fused-ring (bicyclic) bond motifs is 1. The van der Waals surface area contributed by atoms with Gasteiger partial charge in [-0.05, 0) is 89.0 Å². The van der Waals surface area contributed by atoms with Crippen molar-refractivity contribution in [1.29, 1.82) is 0 Å². The summed E-state index contributed by atoms with van der Waals surface area (Å²) in [6.07, 6.45) is 1.08. The fraction of sp³-hybridized carbons (Fsp3) is 0.200. The van der Waals surface area contributed by atoms with Gasteiger partial charge in [0.15, 0.2) is 12.2 Å². The Morgan fingerprint density at radius 2 is 1.94 bits per heavy atom. The van der Waals surface area contributed by atoms with Gasteiger partial charge in [-0.3, -0.25) is 4.79 Å². The molecule has 1 N–H and O–H groups in total. The minimum atomic E-state index is -0.250. The van der Waals surface area contributed by atoms with Gasteiger partial charge >= 0.3 is 0 Å². The number of oxazole rings is 1. The van der Waals surface area contributed by atoms with E-state index in [2.05, 4.69) is 46.7 Å². The first-order chi connectivity index (χ1) is 15.4. The summed E-state index contributed by atoms with van der Waals surface area (Å²) in [6, 6.07) is 18.8. The average molecular weight is 561 g/mol. The summed E-state index contributed by atoms with van der Waals surface area (Å²) in [5.74, 6) is 1.36. The lowest BCUT2D eigenvalue weighted by molar-refractivity contribution is -0.118. The maximum atomic E-state index is 12.4. The van der Waals surface area contributed by atoms with Gasteiger partial charge in [0.1, 0.15) is 11.3 Å². The number of benzene rings is 3. The summed E-state index contributed by atoms with van der Waals surface area (Å²) in [4.78, 5) is 16.9. The normalized spacial score (nSPS) is 12.0. The number of amides is 1. The smallest absolute Gasteiger partial charge is 0.262 e. The molecule has 5 nitrogen and oxygen atoms in total. The monoisotopic (exact) mass is 560 g/mol. The SMILES string of the molecule is CC[C@@H](C)c1ccc(OCC(=O)Nc2ccc3oc(-c4cc(I)ccc4Cl)nc3c2)cc1. The number of hydrogen-bond donors (Lipinski definition) is 1. The molecule has 32 heavy (non-hydrogen) atoms. The Balaban J connectivity index is 1.41. The summed E-state index contributed by atoms with van der Waals surface area (Å²) < 4.78 is 12.5. The molecule has 3 aromatic carbocycles. The average Bonchev–Trinajstić information content (AvgIpc) is 3.22. The second kappa shape index (κ2) is 9.92. The molecule has 7 heteroatoms. The largest absolute Gasteiger partial charge is 0.484 e. The van der Waals surface area contributed by atoms with Crippen molar-refractivity contribution in [3.05, 3.63) is 74.8 Å². The lowest BCUT2D eigenvalue weighted by Gasteiger charge is -2.11. The van der Waals surface area contributed by atoms with E-state index >= 15 is 0 Å². The van der Waals surface area contributed by atoms with Crippen LogP contribution in [0.4, 0.5) is 5.69 Å². The molecule has 0 saturated carbocycles. The number of hydrogen-bond acceptors (Lipinski definition) is 4. The van der Waals surface area contributed by atoms with Gasteiger partial charge in [-0.1, -0.05) is 37.6 Å². The fourth-order valence-corrected chi connectivity index (χ4v) is 3.95. The van der Waals surface area contributed by atoms with Crippen LogP contribution in [0.3, 0.4) is 0 Å². The Morgan fingerprint density at radius 1 is 1.16 bits per heavy atom. The Hall–Kier alpha value is -2.58. The molecule has 4 aromatic rings. The lowest BCUT2D eigenvalue weighted by atomic mass is 9.99. The molecular weight excluding hydrogens is 539 g/mol. The van der Waals surface area contributed by atoms with E-state index in [1.807, 2.05) is 42.5 Å². The molecule has 0 radical (unpaired) electrons. The molecule has 164 valence electrons. The topological polar surface area (TPSA) is 64.4 Å². The van der Waals surface area contributed by atoms with Gasteiger partial charge in [-0.15, -0.1) is 0 Å². The van der Waals surface area contributed by atoms with E-state index in [0.717, 1.165) is 15.6 Å². The van der Waals surface area contributed by atoms with Crippen LogP contribution >= 0.6 is 34.2 Å². The number of ether oxygens (including phenoxy) is 1. The number of carbonyl (C=O) groups is 1. The van der Waals surface area contributed by atoms with Crippen LogP contribution in [-0.2, 0) is 4.79 Å². The number of carbonyl (C=O) groups excluding carboxylic acids is 1. The van der Waals surface area contributed by atoms with Crippen molar-refractivity contribution in [2.75, 3.05) is 11.9 Å². The first-order valence-electron chi connectivity index (χ1n) is 10.3. The van der Waals surface area contributed by atoms with Crippen LogP contribution in [0.2, 0.25) is 5.02 Å². The maximum Gasteiger partial charge on any atom is 0.262 e. The highest BCUT2D eigenvalue weighted by Crippen LogP contribution is 2.32. The van der Waals surface area contributed by atoms with E-state index < -0.39 is 0 Å². The Bertz CT molecular complexity index is 1250. The Labute approximate surface area is 205 Å².